The third-order valence-corrected chi connectivity index (χ3v) is 6.94. The summed E-state index contributed by atoms with van der Waals surface area (Å²) >= 11 is 5.00. The molecule has 9 heteroatoms. The van der Waals surface area contributed by atoms with E-state index in [1.165, 1.54) is 17.0 Å². The number of hydrogen-bond donors (Lipinski definition) is 1. The molecule has 0 fully saturated rings. The van der Waals surface area contributed by atoms with Crippen LogP contribution in [0.2, 0.25) is 0 Å². The highest BCUT2D eigenvalue weighted by atomic mass is 79.9. The number of carbonyl (C=O) groups excluding carboxylic acids is 2. The fourth-order valence-corrected chi connectivity index (χ4v) is 4.56. The SMILES string of the molecule is COCCN(CC(=O)N(Cc1ccc(F)cc1)Cc1sccc1C)C(=O)Nc1ccccc1Br. The van der Waals surface area contributed by atoms with Gasteiger partial charge in [0.15, 0.2) is 0 Å². The van der Waals surface area contributed by atoms with Gasteiger partial charge in [-0.1, -0.05) is 24.3 Å². The second-order valence-corrected chi connectivity index (χ2v) is 9.58. The molecule has 0 aliphatic carbocycles. The Bertz CT molecular complexity index is 1110. The summed E-state index contributed by atoms with van der Waals surface area (Å²) < 4.78 is 19.3. The smallest absolute Gasteiger partial charge is 0.322 e. The third-order valence-electron chi connectivity index (χ3n) is 5.24. The lowest BCUT2D eigenvalue weighted by molar-refractivity contribution is -0.133. The molecule has 0 unspecified atom stereocenters. The number of amides is 3. The molecule has 3 aromatic rings. The molecular weight excluding hydrogens is 521 g/mol. The van der Waals surface area contributed by atoms with Crippen molar-refractivity contribution < 1.29 is 18.7 Å². The maximum atomic E-state index is 13.4. The van der Waals surface area contributed by atoms with Crippen molar-refractivity contribution in [1.29, 1.82) is 0 Å². The Morgan fingerprint density at radius 2 is 1.79 bits per heavy atom. The standard InChI is InChI=1S/C25H27BrFN3O3S/c1-18-11-14-34-23(18)16-30(15-19-7-9-20(27)10-8-19)24(31)17-29(12-13-33-2)25(32)28-22-6-4-3-5-21(22)26/h3-11,14H,12-13,15-17H2,1-2H3,(H,28,32). The van der Waals surface area contributed by atoms with Gasteiger partial charge in [0.05, 0.1) is 18.8 Å². The maximum Gasteiger partial charge on any atom is 0.322 e. The number of methoxy groups -OCH3 is 1. The molecule has 6 nitrogen and oxygen atoms in total. The number of urea groups is 1. The van der Waals surface area contributed by atoms with Gasteiger partial charge in [0.25, 0.3) is 0 Å². The van der Waals surface area contributed by atoms with Crippen LogP contribution in [0.15, 0.2) is 64.5 Å². The number of carbonyl (C=O) groups is 2. The summed E-state index contributed by atoms with van der Waals surface area (Å²) in [6.07, 6.45) is 0. The van der Waals surface area contributed by atoms with E-state index in [9.17, 15) is 14.0 Å². The molecule has 0 radical (unpaired) electrons. The zero-order valence-electron chi connectivity index (χ0n) is 19.1. The van der Waals surface area contributed by atoms with Gasteiger partial charge in [-0.2, -0.15) is 0 Å². The predicted molar refractivity (Wildman–Crippen MR) is 136 cm³/mol. The van der Waals surface area contributed by atoms with Crippen LogP contribution in [-0.2, 0) is 22.6 Å². The molecule has 0 atom stereocenters. The van der Waals surface area contributed by atoms with E-state index >= 15 is 0 Å². The topological polar surface area (TPSA) is 61.9 Å². The van der Waals surface area contributed by atoms with Gasteiger partial charge in [-0.25, -0.2) is 9.18 Å². The number of ether oxygens (including phenoxy) is 1. The minimum atomic E-state index is -0.397. The van der Waals surface area contributed by atoms with E-state index in [1.54, 1.807) is 41.5 Å². The zero-order valence-corrected chi connectivity index (χ0v) is 21.5. The second kappa shape index (κ2) is 12.6. The van der Waals surface area contributed by atoms with Gasteiger partial charge in [0, 0.05) is 29.5 Å². The van der Waals surface area contributed by atoms with Crippen LogP contribution in [0.1, 0.15) is 16.0 Å². The molecule has 0 bridgehead atoms. The number of hydrogen-bond acceptors (Lipinski definition) is 4. The van der Waals surface area contributed by atoms with Crippen molar-refractivity contribution in [3.8, 4) is 0 Å². The molecule has 34 heavy (non-hydrogen) atoms. The Labute approximate surface area is 211 Å². The predicted octanol–water partition coefficient (Wildman–Crippen LogP) is 5.67. The highest BCUT2D eigenvalue weighted by Gasteiger charge is 2.23. The summed E-state index contributed by atoms with van der Waals surface area (Å²) in [5.74, 6) is -0.541. The number of para-hydroxylation sites is 1. The average molecular weight is 548 g/mol. The lowest BCUT2D eigenvalue weighted by Gasteiger charge is -2.28. The van der Waals surface area contributed by atoms with Gasteiger partial charge in [-0.05, 0) is 69.7 Å². The summed E-state index contributed by atoms with van der Waals surface area (Å²) in [4.78, 5) is 30.7. The van der Waals surface area contributed by atoms with E-state index in [0.29, 0.717) is 25.4 Å². The van der Waals surface area contributed by atoms with Crippen molar-refractivity contribution in [1.82, 2.24) is 9.80 Å². The van der Waals surface area contributed by atoms with Gasteiger partial charge in [-0.3, -0.25) is 4.79 Å². The Balaban J connectivity index is 1.78. The molecule has 3 amide bonds. The maximum absolute atomic E-state index is 13.4. The number of nitrogens with one attached hydrogen (secondary N) is 1. The molecule has 1 heterocycles. The molecule has 0 spiro atoms. The van der Waals surface area contributed by atoms with Gasteiger partial charge in [-0.15, -0.1) is 11.3 Å². The van der Waals surface area contributed by atoms with E-state index in [2.05, 4.69) is 21.2 Å². The van der Waals surface area contributed by atoms with Crippen molar-refractivity contribution in [2.24, 2.45) is 0 Å². The van der Waals surface area contributed by atoms with Crippen LogP contribution in [0.25, 0.3) is 0 Å². The van der Waals surface area contributed by atoms with Crippen LogP contribution in [0.3, 0.4) is 0 Å². The van der Waals surface area contributed by atoms with Crippen molar-refractivity contribution in [3.05, 3.63) is 86.3 Å². The van der Waals surface area contributed by atoms with Crippen LogP contribution in [0, 0.1) is 12.7 Å². The van der Waals surface area contributed by atoms with E-state index in [1.807, 2.05) is 36.6 Å². The largest absolute Gasteiger partial charge is 0.383 e. The Kier molecular flexibility index (Phi) is 9.62. The minimum Gasteiger partial charge on any atom is -0.383 e. The number of nitrogens with zero attached hydrogens (tertiary/aromatic N) is 2. The first-order valence-corrected chi connectivity index (χ1v) is 12.4. The first-order valence-electron chi connectivity index (χ1n) is 10.7. The van der Waals surface area contributed by atoms with Crippen LogP contribution in [0.5, 0.6) is 0 Å². The van der Waals surface area contributed by atoms with E-state index in [4.69, 9.17) is 4.74 Å². The monoisotopic (exact) mass is 547 g/mol. The summed E-state index contributed by atoms with van der Waals surface area (Å²) in [5.41, 5.74) is 2.52. The molecule has 0 aliphatic rings. The molecule has 0 saturated heterocycles. The molecule has 1 aromatic heterocycles. The quantitative estimate of drug-likeness (QED) is 0.355. The summed E-state index contributed by atoms with van der Waals surface area (Å²) in [6, 6.07) is 15.0. The number of halogens is 2. The molecule has 3 rings (SSSR count). The second-order valence-electron chi connectivity index (χ2n) is 7.73. The number of benzene rings is 2. The minimum absolute atomic E-state index is 0.120. The summed E-state index contributed by atoms with van der Waals surface area (Å²) in [5, 5.41) is 4.84. The van der Waals surface area contributed by atoms with Gasteiger partial charge < -0.3 is 19.9 Å². The van der Waals surface area contributed by atoms with E-state index in [-0.39, 0.29) is 24.8 Å². The van der Waals surface area contributed by atoms with Crippen molar-refractivity contribution in [2.45, 2.75) is 20.0 Å². The molecular formula is C25H27BrFN3O3S. The first-order chi connectivity index (χ1) is 16.4. The molecule has 2 aromatic carbocycles. The molecule has 1 N–H and O–H groups in total. The van der Waals surface area contributed by atoms with Crippen molar-refractivity contribution in [3.63, 3.8) is 0 Å². The van der Waals surface area contributed by atoms with Gasteiger partial charge in [0.2, 0.25) is 5.91 Å². The molecule has 180 valence electrons. The van der Waals surface area contributed by atoms with Crippen LogP contribution < -0.4 is 5.32 Å². The highest BCUT2D eigenvalue weighted by molar-refractivity contribution is 9.10. The lowest BCUT2D eigenvalue weighted by Crippen LogP contribution is -2.45. The Morgan fingerprint density at radius 1 is 1.06 bits per heavy atom. The normalized spacial score (nSPS) is 10.7. The number of anilines is 1. The first kappa shape index (κ1) is 25.9. The average Bonchev–Trinajstić information content (AvgIpc) is 3.23. The zero-order chi connectivity index (χ0) is 24.5. The summed E-state index contributed by atoms with van der Waals surface area (Å²) in [6.45, 7) is 3.14. The molecule has 0 aliphatic heterocycles. The van der Waals surface area contributed by atoms with Gasteiger partial charge in [0.1, 0.15) is 12.4 Å². The number of aryl methyl sites for hydroxylation is 1. The highest BCUT2D eigenvalue weighted by Crippen LogP contribution is 2.22. The molecule has 0 saturated carbocycles. The lowest BCUT2D eigenvalue weighted by atomic mass is 10.2. The third kappa shape index (κ3) is 7.38. The number of thiophene rings is 1. The Hall–Kier alpha value is -2.75. The fourth-order valence-electron chi connectivity index (χ4n) is 3.26. The van der Waals surface area contributed by atoms with E-state index < -0.39 is 6.03 Å². The fraction of sp³-hybridized carbons (Fsp3) is 0.280. The van der Waals surface area contributed by atoms with Crippen LogP contribution in [0.4, 0.5) is 14.9 Å². The van der Waals surface area contributed by atoms with Crippen LogP contribution >= 0.6 is 27.3 Å². The van der Waals surface area contributed by atoms with Gasteiger partial charge >= 0.3 is 6.03 Å². The summed E-state index contributed by atoms with van der Waals surface area (Å²) in [7, 11) is 1.55. The Morgan fingerprint density at radius 3 is 2.44 bits per heavy atom. The number of rotatable bonds is 10. The van der Waals surface area contributed by atoms with Crippen molar-refractivity contribution in [2.75, 3.05) is 32.1 Å². The van der Waals surface area contributed by atoms with E-state index in [0.717, 1.165) is 20.5 Å². The van der Waals surface area contributed by atoms with Crippen molar-refractivity contribution >= 4 is 44.9 Å². The van der Waals surface area contributed by atoms with Crippen LogP contribution in [-0.4, -0.2) is 48.5 Å².